The molecule has 3 heteroatoms. The zero-order valence-corrected chi connectivity index (χ0v) is 10.8. The van der Waals surface area contributed by atoms with Gasteiger partial charge in [-0.3, -0.25) is 4.68 Å². The Bertz CT molecular complexity index is 337. The Morgan fingerprint density at radius 2 is 1.93 bits per heavy atom. The van der Waals surface area contributed by atoms with E-state index in [9.17, 15) is 0 Å². The maximum Gasteiger partial charge on any atom is 0.0641 e. The van der Waals surface area contributed by atoms with Gasteiger partial charge in [0.2, 0.25) is 0 Å². The molecular weight excluding hydrogens is 186 g/mol. The second-order valence-corrected chi connectivity index (χ2v) is 4.86. The molecule has 0 aromatic carbocycles. The summed E-state index contributed by atoms with van der Waals surface area (Å²) < 4.78 is 1.95. The van der Waals surface area contributed by atoms with E-state index < -0.39 is 0 Å². The summed E-state index contributed by atoms with van der Waals surface area (Å²) in [6.07, 6.45) is 1.13. The maximum absolute atomic E-state index is 4.41. The third kappa shape index (κ3) is 2.81. The smallest absolute Gasteiger partial charge is 0.0641 e. The third-order valence-corrected chi connectivity index (χ3v) is 3.29. The number of hydrogen-bond donors (Lipinski definition) is 1. The summed E-state index contributed by atoms with van der Waals surface area (Å²) in [6.45, 7) is 11.8. The minimum absolute atomic E-state index is 0.203. The van der Waals surface area contributed by atoms with Gasteiger partial charge in [-0.2, -0.15) is 5.10 Å². The predicted molar refractivity (Wildman–Crippen MR) is 63.9 cm³/mol. The molecule has 0 saturated heterocycles. The van der Waals surface area contributed by atoms with Crippen LogP contribution >= 0.6 is 0 Å². The Hall–Kier alpha value is -0.830. The molecule has 3 nitrogen and oxygen atoms in total. The molecule has 0 spiro atoms. The van der Waals surface area contributed by atoms with E-state index >= 15 is 0 Å². The topological polar surface area (TPSA) is 29.9 Å². The van der Waals surface area contributed by atoms with Crippen molar-refractivity contribution in [3.8, 4) is 0 Å². The highest BCUT2D eigenvalue weighted by atomic mass is 15.3. The number of aryl methyl sites for hydroxylation is 2. The molecule has 1 rings (SSSR count). The van der Waals surface area contributed by atoms with Gasteiger partial charge >= 0.3 is 0 Å². The van der Waals surface area contributed by atoms with Crippen molar-refractivity contribution >= 4 is 0 Å². The summed E-state index contributed by atoms with van der Waals surface area (Å²) in [4.78, 5) is 0. The Morgan fingerprint density at radius 1 is 1.33 bits per heavy atom. The number of rotatable bonds is 4. The number of hydrogen-bond acceptors (Lipinski definition) is 2. The Morgan fingerprint density at radius 3 is 2.33 bits per heavy atom. The molecule has 0 saturated carbocycles. The first kappa shape index (κ1) is 12.2. The largest absolute Gasteiger partial charge is 0.308 e. The second kappa shape index (κ2) is 4.35. The van der Waals surface area contributed by atoms with Gasteiger partial charge in [0.15, 0.2) is 0 Å². The number of aromatic nitrogens is 2. The molecule has 0 amide bonds. The second-order valence-electron chi connectivity index (χ2n) is 4.86. The van der Waals surface area contributed by atoms with E-state index in [2.05, 4.69) is 45.0 Å². The maximum atomic E-state index is 4.41. The average molecular weight is 209 g/mol. The molecule has 86 valence electrons. The molecule has 0 radical (unpaired) electrons. The molecule has 0 bridgehead atoms. The lowest BCUT2D eigenvalue weighted by molar-refractivity contribution is 0.374. The fraction of sp³-hybridized carbons (Fsp3) is 0.750. The summed E-state index contributed by atoms with van der Waals surface area (Å²) in [5.41, 5.74) is 3.93. The molecule has 0 aliphatic heterocycles. The van der Waals surface area contributed by atoms with Gasteiger partial charge in [-0.25, -0.2) is 0 Å². The predicted octanol–water partition coefficient (Wildman–Crippen LogP) is 2.32. The average Bonchev–Trinajstić information content (AvgIpc) is 2.39. The molecule has 0 fully saturated rings. The van der Waals surface area contributed by atoms with Crippen LogP contribution < -0.4 is 5.32 Å². The third-order valence-electron chi connectivity index (χ3n) is 3.29. The Kier molecular flexibility index (Phi) is 3.55. The lowest BCUT2D eigenvalue weighted by atomic mass is 10.0. The first-order valence-corrected chi connectivity index (χ1v) is 5.61. The summed E-state index contributed by atoms with van der Waals surface area (Å²) in [5, 5.41) is 7.98. The number of nitrogens with zero attached hydrogens (tertiary/aromatic N) is 2. The molecule has 0 aliphatic rings. The van der Waals surface area contributed by atoms with Gasteiger partial charge in [-0.05, 0) is 34.1 Å². The summed E-state index contributed by atoms with van der Waals surface area (Å²) in [6, 6.07) is 0. The summed E-state index contributed by atoms with van der Waals surface area (Å²) in [5.74, 6) is 0. The van der Waals surface area contributed by atoms with Crippen LogP contribution in [0.1, 0.15) is 44.1 Å². The van der Waals surface area contributed by atoms with Crippen molar-refractivity contribution in [1.29, 1.82) is 0 Å². The quantitative estimate of drug-likeness (QED) is 0.824. The summed E-state index contributed by atoms with van der Waals surface area (Å²) >= 11 is 0. The van der Waals surface area contributed by atoms with Crippen LogP contribution in [-0.2, 0) is 13.6 Å². The van der Waals surface area contributed by atoms with E-state index in [0.717, 1.165) is 18.7 Å². The van der Waals surface area contributed by atoms with Gasteiger partial charge in [0.25, 0.3) is 0 Å². The van der Waals surface area contributed by atoms with Gasteiger partial charge in [0.05, 0.1) is 5.69 Å². The highest BCUT2D eigenvalue weighted by molar-refractivity contribution is 5.24. The van der Waals surface area contributed by atoms with Crippen LogP contribution in [0.3, 0.4) is 0 Å². The highest BCUT2D eigenvalue weighted by Gasteiger charge is 2.16. The highest BCUT2D eigenvalue weighted by Crippen LogP contribution is 2.14. The first-order valence-electron chi connectivity index (χ1n) is 5.61. The van der Waals surface area contributed by atoms with Crippen LogP contribution in [0.2, 0.25) is 0 Å². The van der Waals surface area contributed by atoms with Crippen LogP contribution in [0.25, 0.3) is 0 Å². The van der Waals surface area contributed by atoms with Crippen molar-refractivity contribution in [1.82, 2.24) is 15.1 Å². The van der Waals surface area contributed by atoms with E-state index in [1.54, 1.807) is 0 Å². The van der Waals surface area contributed by atoms with Crippen molar-refractivity contribution in [3.63, 3.8) is 0 Å². The monoisotopic (exact) mass is 209 g/mol. The van der Waals surface area contributed by atoms with Gasteiger partial charge in [-0.15, -0.1) is 0 Å². The van der Waals surface area contributed by atoms with E-state index in [-0.39, 0.29) is 5.54 Å². The molecule has 1 N–H and O–H groups in total. The standard InChI is InChI=1S/C12H23N3/c1-7-12(4,5)13-8-11-9(2)14-15(6)10(11)3/h13H,7-8H2,1-6H3. The molecule has 1 heterocycles. The fourth-order valence-electron chi connectivity index (χ4n) is 1.53. The van der Waals surface area contributed by atoms with E-state index in [4.69, 9.17) is 0 Å². The first-order chi connectivity index (χ1) is 6.87. The molecule has 0 aliphatic carbocycles. The fourth-order valence-corrected chi connectivity index (χ4v) is 1.53. The minimum Gasteiger partial charge on any atom is -0.308 e. The van der Waals surface area contributed by atoms with Crippen LogP contribution in [-0.4, -0.2) is 15.3 Å². The molecule has 1 aromatic heterocycles. The zero-order valence-electron chi connectivity index (χ0n) is 10.8. The van der Waals surface area contributed by atoms with E-state index in [1.165, 1.54) is 11.3 Å². The van der Waals surface area contributed by atoms with Crippen molar-refractivity contribution in [2.24, 2.45) is 7.05 Å². The van der Waals surface area contributed by atoms with Gasteiger partial charge in [-0.1, -0.05) is 6.92 Å². The molecule has 0 atom stereocenters. The van der Waals surface area contributed by atoms with E-state index in [0.29, 0.717) is 0 Å². The van der Waals surface area contributed by atoms with Crippen molar-refractivity contribution in [2.45, 2.75) is 53.1 Å². The Balaban J connectivity index is 2.73. The van der Waals surface area contributed by atoms with Crippen LogP contribution in [0, 0.1) is 13.8 Å². The molecular formula is C12H23N3. The molecule has 1 aromatic rings. The normalized spacial score (nSPS) is 12.1. The lowest BCUT2D eigenvalue weighted by Gasteiger charge is -2.24. The number of nitrogens with one attached hydrogen (secondary N) is 1. The van der Waals surface area contributed by atoms with Gasteiger partial charge < -0.3 is 5.32 Å². The van der Waals surface area contributed by atoms with Crippen LogP contribution in [0.15, 0.2) is 0 Å². The Labute approximate surface area is 92.9 Å². The molecule has 0 unspecified atom stereocenters. The van der Waals surface area contributed by atoms with Gasteiger partial charge in [0, 0.05) is 30.4 Å². The van der Waals surface area contributed by atoms with Gasteiger partial charge in [0.1, 0.15) is 0 Å². The van der Waals surface area contributed by atoms with Crippen molar-refractivity contribution in [2.75, 3.05) is 0 Å². The van der Waals surface area contributed by atoms with E-state index in [1.807, 2.05) is 11.7 Å². The SMILES string of the molecule is CCC(C)(C)NCc1c(C)nn(C)c1C. The van der Waals surface area contributed by atoms with Crippen molar-refractivity contribution < 1.29 is 0 Å². The van der Waals surface area contributed by atoms with Crippen LogP contribution in [0.4, 0.5) is 0 Å². The molecule has 15 heavy (non-hydrogen) atoms. The zero-order chi connectivity index (χ0) is 11.6. The van der Waals surface area contributed by atoms with Crippen LogP contribution in [0.5, 0.6) is 0 Å². The minimum atomic E-state index is 0.203. The lowest BCUT2D eigenvalue weighted by Crippen LogP contribution is -2.38. The van der Waals surface area contributed by atoms with Crippen molar-refractivity contribution in [3.05, 3.63) is 17.0 Å². The summed E-state index contributed by atoms with van der Waals surface area (Å²) in [7, 11) is 2.00.